The summed E-state index contributed by atoms with van der Waals surface area (Å²) in [4.78, 5) is 5.44. The molecule has 0 fully saturated rings. The van der Waals surface area contributed by atoms with E-state index in [-0.39, 0.29) is 0 Å². The Bertz CT molecular complexity index is 540. The lowest BCUT2D eigenvalue weighted by molar-refractivity contribution is 0.332. The molecule has 0 saturated carbocycles. The van der Waals surface area contributed by atoms with Crippen molar-refractivity contribution in [3.63, 3.8) is 0 Å². The molecule has 0 amide bonds. The van der Waals surface area contributed by atoms with E-state index in [4.69, 9.17) is 14.9 Å². The number of nitrogens with zero attached hydrogens (tertiary/aromatic N) is 3. The molecule has 0 bridgehead atoms. The van der Waals surface area contributed by atoms with Gasteiger partial charge in [0.15, 0.2) is 10.7 Å². The molecule has 1 rings (SSSR count). The van der Waals surface area contributed by atoms with Crippen molar-refractivity contribution in [2.45, 2.75) is 27.7 Å². The van der Waals surface area contributed by atoms with Gasteiger partial charge in [0.25, 0.3) is 0 Å². The zero-order valence-electron chi connectivity index (χ0n) is 14.2. The van der Waals surface area contributed by atoms with Gasteiger partial charge in [0.1, 0.15) is 0 Å². The van der Waals surface area contributed by atoms with Gasteiger partial charge in [0.05, 0.1) is 25.0 Å². The van der Waals surface area contributed by atoms with Crippen LogP contribution >= 0.6 is 0 Å². The van der Waals surface area contributed by atoms with Crippen LogP contribution in [-0.4, -0.2) is 33.6 Å². The summed E-state index contributed by atoms with van der Waals surface area (Å²) in [5.74, 6) is 1.28. The van der Waals surface area contributed by atoms with E-state index in [2.05, 4.69) is 23.7 Å². The van der Waals surface area contributed by atoms with Crippen molar-refractivity contribution in [1.82, 2.24) is 0 Å². The zero-order chi connectivity index (χ0) is 18.8. The van der Waals surface area contributed by atoms with E-state index in [0.29, 0.717) is 30.4 Å². The van der Waals surface area contributed by atoms with Crippen LogP contribution in [0.1, 0.15) is 27.7 Å². The number of halogens is 4. The molecule has 0 aliphatic heterocycles. The largest absolute Gasteiger partial charge is 0.673 e. The molecule has 5 nitrogen and oxygen atoms in total. The Hall–Kier alpha value is -2.18. The number of hydrogen-bond donors (Lipinski definition) is 0. The lowest BCUT2D eigenvalue weighted by atomic mass is 10.2. The highest BCUT2D eigenvalue weighted by Crippen LogP contribution is 2.40. The highest BCUT2D eigenvalue weighted by molar-refractivity contribution is 6.50. The molecule has 0 saturated heterocycles. The van der Waals surface area contributed by atoms with Gasteiger partial charge in [-0.25, -0.2) is 0 Å². The van der Waals surface area contributed by atoms with E-state index in [9.17, 15) is 17.3 Å². The quantitative estimate of drug-likeness (QED) is 0.389. The molecule has 0 aliphatic rings. The lowest BCUT2D eigenvalue weighted by Crippen LogP contribution is -2.22. The second kappa shape index (κ2) is 10.6. The average Bonchev–Trinajstić information content (AvgIpc) is 2.49. The van der Waals surface area contributed by atoms with Crippen LogP contribution in [0.2, 0.25) is 0 Å². The molecular weight excluding hydrogens is 329 g/mol. The summed E-state index contributed by atoms with van der Waals surface area (Å²) < 4.78 is 50.1. The number of hydrogen-bond acceptors (Lipinski definition) is 4. The second-order valence-corrected chi connectivity index (χ2v) is 4.42. The topological polar surface area (TPSA) is 49.9 Å². The molecule has 0 radical (unpaired) electrons. The molecule has 0 heterocycles. The third-order valence-electron chi connectivity index (χ3n) is 2.85. The summed E-state index contributed by atoms with van der Waals surface area (Å²) in [6.45, 7) is 10.8. The van der Waals surface area contributed by atoms with Crippen molar-refractivity contribution in [1.29, 1.82) is 5.39 Å². The molecule has 136 valence electrons. The van der Waals surface area contributed by atoms with Gasteiger partial charge in [0, 0.05) is 19.2 Å². The first-order valence-corrected chi connectivity index (χ1v) is 7.62. The molecule has 1 aromatic carbocycles. The Morgan fingerprint density at radius 1 is 0.958 bits per heavy atom. The SMILES string of the molecule is CCOc1cc(N(CC)CC)c(OCC)cc1[N+]#N.F[B-](F)(F)F. The van der Waals surface area contributed by atoms with E-state index in [1.165, 1.54) is 0 Å². The summed E-state index contributed by atoms with van der Waals surface area (Å²) in [6.07, 6.45) is 0. The minimum Gasteiger partial charge on any atom is -0.491 e. The fourth-order valence-corrected chi connectivity index (χ4v) is 1.97. The third kappa shape index (κ3) is 7.90. The Labute approximate surface area is 139 Å². The number of rotatable bonds is 7. The normalized spacial score (nSPS) is 10.3. The molecule has 0 atom stereocenters. The molecule has 0 spiro atoms. The first-order valence-electron chi connectivity index (χ1n) is 7.62. The fraction of sp³-hybridized carbons (Fsp3) is 0.571. The van der Waals surface area contributed by atoms with E-state index in [0.717, 1.165) is 18.8 Å². The predicted octanol–water partition coefficient (Wildman–Crippen LogP) is 5.11. The predicted molar refractivity (Wildman–Crippen MR) is 87.3 cm³/mol. The summed E-state index contributed by atoms with van der Waals surface area (Å²) in [6, 6.07) is 3.58. The lowest BCUT2D eigenvalue weighted by Gasteiger charge is -2.23. The standard InChI is InChI=1S/C14H22N3O2.BF4/c1-5-17(6-2)12-10-13(18-7-3)11(16-15)9-14(12)19-8-4;2-1(3,4)5/h9-10H,5-8H2,1-4H3;/q+1;-1. The smallest absolute Gasteiger partial charge is 0.491 e. The molecule has 0 N–H and O–H groups in total. The van der Waals surface area contributed by atoms with Crippen LogP contribution in [0, 0.1) is 5.39 Å². The maximum Gasteiger partial charge on any atom is 0.673 e. The van der Waals surface area contributed by atoms with Gasteiger partial charge in [-0.15, -0.1) is 0 Å². The van der Waals surface area contributed by atoms with E-state index >= 15 is 0 Å². The first-order chi connectivity index (χ1) is 11.2. The molecular formula is C14H22BF4N3O2. The monoisotopic (exact) mass is 351 g/mol. The van der Waals surface area contributed by atoms with E-state index < -0.39 is 7.25 Å². The number of benzene rings is 1. The number of ether oxygens (including phenoxy) is 2. The van der Waals surface area contributed by atoms with Crippen molar-refractivity contribution >= 4 is 18.6 Å². The Morgan fingerprint density at radius 2 is 1.42 bits per heavy atom. The summed E-state index contributed by atoms with van der Waals surface area (Å²) in [5.41, 5.74) is 1.35. The van der Waals surface area contributed by atoms with Gasteiger partial charge in [0.2, 0.25) is 11.1 Å². The Morgan fingerprint density at radius 3 is 1.79 bits per heavy atom. The van der Waals surface area contributed by atoms with Crippen LogP contribution in [0.15, 0.2) is 12.1 Å². The molecule has 0 aromatic heterocycles. The maximum absolute atomic E-state index is 9.75. The fourth-order valence-electron chi connectivity index (χ4n) is 1.97. The minimum atomic E-state index is -6.00. The minimum absolute atomic E-state index is 0.390. The third-order valence-corrected chi connectivity index (χ3v) is 2.85. The van der Waals surface area contributed by atoms with Gasteiger partial charge in [-0.3, -0.25) is 0 Å². The number of diazo groups is 1. The highest BCUT2D eigenvalue weighted by atomic mass is 19.5. The Kier molecular flexibility index (Phi) is 9.61. The maximum atomic E-state index is 9.75. The van der Waals surface area contributed by atoms with Crippen LogP contribution in [0.5, 0.6) is 11.5 Å². The van der Waals surface area contributed by atoms with Crippen molar-refractivity contribution in [2.24, 2.45) is 0 Å². The Balaban J connectivity index is 0.000000922. The van der Waals surface area contributed by atoms with Gasteiger partial charge in [-0.1, -0.05) is 0 Å². The van der Waals surface area contributed by atoms with Crippen molar-refractivity contribution in [2.75, 3.05) is 31.2 Å². The van der Waals surface area contributed by atoms with Gasteiger partial charge >= 0.3 is 12.9 Å². The second-order valence-electron chi connectivity index (χ2n) is 4.42. The molecule has 0 unspecified atom stereocenters. The molecule has 24 heavy (non-hydrogen) atoms. The van der Waals surface area contributed by atoms with Gasteiger partial charge in [-0.05, 0) is 27.7 Å². The summed E-state index contributed by atoms with van der Waals surface area (Å²) >= 11 is 0. The summed E-state index contributed by atoms with van der Waals surface area (Å²) in [5, 5.41) is 9.06. The molecule has 10 heteroatoms. The number of anilines is 1. The molecule has 1 aromatic rings. The van der Waals surface area contributed by atoms with E-state index in [1.54, 1.807) is 6.07 Å². The van der Waals surface area contributed by atoms with Crippen LogP contribution in [0.3, 0.4) is 0 Å². The van der Waals surface area contributed by atoms with Gasteiger partial charge < -0.3 is 31.6 Å². The van der Waals surface area contributed by atoms with Crippen molar-refractivity contribution in [3.8, 4) is 11.5 Å². The average molecular weight is 351 g/mol. The molecule has 0 aliphatic carbocycles. The van der Waals surface area contributed by atoms with Crippen LogP contribution < -0.4 is 14.4 Å². The van der Waals surface area contributed by atoms with Crippen molar-refractivity contribution < 1.29 is 26.7 Å². The highest BCUT2D eigenvalue weighted by Gasteiger charge is 2.22. The van der Waals surface area contributed by atoms with Crippen LogP contribution in [0.4, 0.5) is 28.6 Å². The van der Waals surface area contributed by atoms with Crippen LogP contribution in [-0.2, 0) is 0 Å². The zero-order valence-corrected chi connectivity index (χ0v) is 14.2. The van der Waals surface area contributed by atoms with Crippen molar-refractivity contribution in [3.05, 3.63) is 17.1 Å². The van der Waals surface area contributed by atoms with Crippen LogP contribution in [0.25, 0.3) is 4.98 Å². The van der Waals surface area contributed by atoms with Gasteiger partial charge in [-0.2, -0.15) is 0 Å². The first kappa shape index (κ1) is 21.8. The van der Waals surface area contributed by atoms with E-state index in [1.807, 2.05) is 19.9 Å². The summed E-state index contributed by atoms with van der Waals surface area (Å²) in [7, 11) is -6.00.